The van der Waals surface area contributed by atoms with Gasteiger partial charge >= 0.3 is 0 Å². The van der Waals surface area contributed by atoms with Crippen LogP contribution in [0.25, 0.3) is 0 Å². The van der Waals surface area contributed by atoms with E-state index in [1.54, 1.807) is 0 Å². The van der Waals surface area contributed by atoms with Gasteiger partial charge in [-0.2, -0.15) is 5.10 Å². The molecular formula is C15H29N3. The number of nitrogens with zero attached hydrogens (tertiary/aromatic N) is 2. The Bertz CT molecular complexity index is 402. The molecule has 0 radical (unpaired) electrons. The van der Waals surface area contributed by atoms with Crippen LogP contribution in [0.2, 0.25) is 0 Å². The Kier molecular flexibility index (Phi) is 4.60. The molecule has 3 heteroatoms. The van der Waals surface area contributed by atoms with Crippen LogP contribution in [-0.2, 0) is 7.05 Å². The van der Waals surface area contributed by atoms with Gasteiger partial charge in [-0.15, -0.1) is 0 Å². The Morgan fingerprint density at radius 2 is 1.78 bits per heavy atom. The lowest BCUT2D eigenvalue weighted by molar-refractivity contribution is 0.230. The van der Waals surface area contributed by atoms with Gasteiger partial charge in [-0.3, -0.25) is 4.68 Å². The van der Waals surface area contributed by atoms with Crippen molar-refractivity contribution < 1.29 is 0 Å². The SMILES string of the molecule is Cc1nn(C)c(C)c1C(C)NCC(C)(C)C(C)C. The lowest BCUT2D eigenvalue weighted by atomic mass is 9.81. The average Bonchev–Trinajstić information content (AvgIpc) is 2.50. The summed E-state index contributed by atoms with van der Waals surface area (Å²) in [4.78, 5) is 0. The van der Waals surface area contributed by atoms with Gasteiger partial charge in [0.1, 0.15) is 0 Å². The third-order valence-corrected chi connectivity index (χ3v) is 4.42. The van der Waals surface area contributed by atoms with Crippen LogP contribution in [0.5, 0.6) is 0 Å². The van der Waals surface area contributed by atoms with Crippen LogP contribution in [-0.4, -0.2) is 16.3 Å². The molecule has 0 aliphatic rings. The van der Waals surface area contributed by atoms with Crippen LogP contribution in [0.3, 0.4) is 0 Å². The Balaban J connectivity index is 2.75. The van der Waals surface area contributed by atoms with Gasteiger partial charge in [0, 0.05) is 30.9 Å². The molecule has 0 fully saturated rings. The molecule has 1 aromatic rings. The fourth-order valence-corrected chi connectivity index (χ4v) is 2.14. The summed E-state index contributed by atoms with van der Waals surface area (Å²) in [5.41, 5.74) is 4.06. The van der Waals surface area contributed by atoms with Crippen molar-refractivity contribution in [3.63, 3.8) is 0 Å². The smallest absolute Gasteiger partial charge is 0.0644 e. The number of nitrogens with one attached hydrogen (secondary N) is 1. The molecule has 0 saturated carbocycles. The molecule has 3 nitrogen and oxygen atoms in total. The predicted molar refractivity (Wildman–Crippen MR) is 77.7 cm³/mol. The van der Waals surface area contributed by atoms with Gasteiger partial charge in [0.05, 0.1) is 5.69 Å². The van der Waals surface area contributed by atoms with Gasteiger partial charge in [0.2, 0.25) is 0 Å². The molecule has 1 atom stereocenters. The summed E-state index contributed by atoms with van der Waals surface area (Å²) in [6.45, 7) is 16.7. The lowest BCUT2D eigenvalue weighted by Gasteiger charge is -2.31. The molecule has 0 bridgehead atoms. The van der Waals surface area contributed by atoms with Crippen molar-refractivity contribution in [3.8, 4) is 0 Å². The third kappa shape index (κ3) is 3.14. The van der Waals surface area contributed by atoms with E-state index in [1.165, 1.54) is 11.3 Å². The van der Waals surface area contributed by atoms with Crippen molar-refractivity contribution in [2.45, 2.75) is 54.5 Å². The van der Waals surface area contributed by atoms with Gasteiger partial charge in [-0.1, -0.05) is 27.7 Å². The van der Waals surface area contributed by atoms with E-state index in [4.69, 9.17) is 0 Å². The number of aromatic nitrogens is 2. The predicted octanol–water partition coefficient (Wildman–Crippen LogP) is 3.37. The summed E-state index contributed by atoms with van der Waals surface area (Å²) in [6.07, 6.45) is 0. The second kappa shape index (κ2) is 5.43. The summed E-state index contributed by atoms with van der Waals surface area (Å²) in [6, 6.07) is 0.358. The Hall–Kier alpha value is -0.830. The molecule has 0 aliphatic heterocycles. The molecule has 104 valence electrons. The lowest BCUT2D eigenvalue weighted by Crippen LogP contribution is -2.35. The number of rotatable bonds is 5. The monoisotopic (exact) mass is 251 g/mol. The average molecular weight is 251 g/mol. The minimum Gasteiger partial charge on any atom is -0.310 e. The van der Waals surface area contributed by atoms with E-state index in [0.717, 1.165) is 12.2 Å². The summed E-state index contributed by atoms with van der Waals surface area (Å²) in [5.74, 6) is 0.674. The van der Waals surface area contributed by atoms with E-state index in [0.29, 0.717) is 17.4 Å². The zero-order valence-electron chi connectivity index (χ0n) is 13.3. The maximum Gasteiger partial charge on any atom is 0.0644 e. The first kappa shape index (κ1) is 15.2. The minimum absolute atomic E-state index is 0.318. The van der Waals surface area contributed by atoms with Gasteiger partial charge in [0.15, 0.2) is 0 Å². The molecule has 1 rings (SSSR count). The summed E-state index contributed by atoms with van der Waals surface area (Å²) in [7, 11) is 2.01. The van der Waals surface area contributed by atoms with Crippen LogP contribution in [0.15, 0.2) is 0 Å². The molecule has 1 aromatic heterocycles. The highest BCUT2D eigenvalue weighted by molar-refractivity contribution is 5.27. The molecular weight excluding hydrogens is 222 g/mol. The van der Waals surface area contributed by atoms with Crippen molar-refractivity contribution >= 4 is 0 Å². The Morgan fingerprint density at radius 3 is 2.17 bits per heavy atom. The molecule has 0 saturated heterocycles. The fraction of sp³-hybridized carbons (Fsp3) is 0.800. The maximum absolute atomic E-state index is 4.49. The number of aryl methyl sites for hydroxylation is 2. The van der Waals surface area contributed by atoms with Crippen molar-refractivity contribution in [3.05, 3.63) is 17.0 Å². The third-order valence-electron chi connectivity index (χ3n) is 4.42. The van der Waals surface area contributed by atoms with Crippen LogP contribution >= 0.6 is 0 Å². The summed E-state index contributed by atoms with van der Waals surface area (Å²) >= 11 is 0. The zero-order chi connectivity index (χ0) is 14.1. The van der Waals surface area contributed by atoms with E-state index in [2.05, 4.69) is 58.9 Å². The van der Waals surface area contributed by atoms with E-state index >= 15 is 0 Å². The van der Waals surface area contributed by atoms with Crippen molar-refractivity contribution in [1.29, 1.82) is 0 Å². The van der Waals surface area contributed by atoms with Crippen LogP contribution in [0.4, 0.5) is 0 Å². The quantitative estimate of drug-likeness (QED) is 0.869. The first-order valence-corrected chi connectivity index (χ1v) is 6.90. The molecule has 0 amide bonds. The van der Waals surface area contributed by atoms with E-state index in [-0.39, 0.29) is 0 Å². The van der Waals surface area contributed by atoms with Gasteiger partial charge in [-0.25, -0.2) is 0 Å². The molecule has 1 unspecified atom stereocenters. The summed E-state index contributed by atoms with van der Waals surface area (Å²) < 4.78 is 1.97. The van der Waals surface area contributed by atoms with Crippen LogP contribution in [0, 0.1) is 25.2 Å². The topological polar surface area (TPSA) is 29.9 Å². The largest absolute Gasteiger partial charge is 0.310 e. The number of hydrogen-bond donors (Lipinski definition) is 1. The second-order valence-corrected chi connectivity index (χ2v) is 6.45. The highest BCUT2D eigenvalue weighted by atomic mass is 15.3. The highest BCUT2D eigenvalue weighted by Crippen LogP contribution is 2.27. The van der Waals surface area contributed by atoms with Crippen LogP contribution < -0.4 is 5.32 Å². The maximum atomic E-state index is 4.49. The van der Waals surface area contributed by atoms with Crippen molar-refractivity contribution in [2.24, 2.45) is 18.4 Å². The molecule has 0 aliphatic carbocycles. The molecule has 1 heterocycles. The van der Waals surface area contributed by atoms with Gasteiger partial charge in [0.25, 0.3) is 0 Å². The molecule has 0 aromatic carbocycles. The highest BCUT2D eigenvalue weighted by Gasteiger charge is 2.24. The van der Waals surface area contributed by atoms with E-state index < -0.39 is 0 Å². The second-order valence-electron chi connectivity index (χ2n) is 6.45. The Labute approximate surface area is 112 Å². The summed E-state index contributed by atoms with van der Waals surface area (Å²) in [5, 5.41) is 8.15. The first-order valence-electron chi connectivity index (χ1n) is 6.90. The molecule has 0 spiro atoms. The van der Waals surface area contributed by atoms with E-state index in [9.17, 15) is 0 Å². The first-order chi connectivity index (χ1) is 8.16. The van der Waals surface area contributed by atoms with E-state index in [1.807, 2.05) is 11.7 Å². The molecule has 1 N–H and O–H groups in total. The van der Waals surface area contributed by atoms with Gasteiger partial charge < -0.3 is 5.32 Å². The fourth-order valence-electron chi connectivity index (χ4n) is 2.14. The standard InChI is InChI=1S/C15H29N3/c1-10(2)15(6,7)9-16-11(3)14-12(4)17-18(8)13(14)5/h10-11,16H,9H2,1-8H3. The van der Waals surface area contributed by atoms with Crippen molar-refractivity contribution in [2.75, 3.05) is 6.54 Å². The van der Waals surface area contributed by atoms with Crippen LogP contribution in [0.1, 0.15) is 57.6 Å². The normalized spacial score (nSPS) is 14.3. The number of hydrogen-bond acceptors (Lipinski definition) is 2. The Morgan fingerprint density at radius 1 is 1.22 bits per heavy atom. The minimum atomic E-state index is 0.318. The molecule has 18 heavy (non-hydrogen) atoms. The zero-order valence-corrected chi connectivity index (χ0v) is 13.3. The van der Waals surface area contributed by atoms with Gasteiger partial charge in [-0.05, 0) is 32.1 Å². The van der Waals surface area contributed by atoms with Crippen molar-refractivity contribution in [1.82, 2.24) is 15.1 Å².